The van der Waals surface area contributed by atoms with E-state index in [9.17, 15) is 9.59 Å². The van der Waals surface area contributed by atoms with Crippen LogP contribution in [0.15, 0.2) is 12.7 Å². The lowest BCUT2D eigenvalue weighted by atomic mass is 9.63. The van der Waals surface area contributed by atoms with Gasteiger partial charge in [-0.15, -0.1) is 6.58 Å². The van der Waals surface area contributed by atoms with Gasteiger partial charge in [0.25, 0.3) is 0 Å². The Kier molecular flexibility index (Phi) is 8.30. The Morgan fingerprint density at radius 1 is 1.04 bits per heavy atom. The molecule has 0 aromatic rings. The van der Waals surface area contributed by atoms with E-state index in [2.05, 4.69) is 40.4 Å². The molecule has 0 aromatic carbocycles. The van der Waals surface area contributed by atoms with Gasteiger partial charge in [-0.05, 0) is 30.0 Å². The first-order chi connectivity index (χ1) is 11.8. The molecule has 0 amide bonds. The molecule has 0 saturated heterocycles. The molecule has 0 radical (unpaired) electrons. The lowest BCUT2D eigenvalue weighted by molar-refractivity contribution is -0.147. The Balaban J connectivity index is 5.99. The number of carbonyl (C=O) groups excluding carboxylic acids is 1. The number of hydrogen-bond donors (Lipinski definition) is 1. The van der Waals surface area contributed by atoms with Crippen LogP contribution in [-0.2, 0) is 14.0 Å². The molecule has 0 saturated carbocycles. The second kappa shape index (κ2) is 8.60. The first-order valence-electron chi connectivity index (χ1n) is 9.89. The van der Waals surface area contributed by atoms with E-state index in [4.69, 9.17) is 9.53 Å². The second-order valence-electron chi connectivity index (χ2n) is 10.7. The third kappa shape index (κ3) is 6.02. The molecule has 0 aromatic heterocycles. The Labute approximate surface area is 167 Å². The predicted molar refractivity (Wildman–Crippen MR) is 115 cm³/mol. The summed E-state index contributed by atoms with van der Waals surface area (Å²) in [5, 5.41) is 9.19. The quantitative estimate of drug-likeness (QED) is 0.366. The summed E-state index contributed by atoms with van der Waals surface area (Å²) in [6.45, 7) is 26.3. The molecule has 3 atom stereocenters. The number of carbonyl (C=O) groups is 2. The van der Waals surface area contributed by atoms with Crippen LogP contribution in [0.2, 0.25) is 18.1 Å². The van der Waals surface area contributed by atoms with Crippen LogP contribution in [-0.4, -0.2) is 31.3 Å². The zero-order chi connectivity index (χ0) is 22.0. The topological polar surface area (TPSA) is 63.6 Å². The van der Waals surface area contributed by atoms with Gasteiger partial charge in [0.1, 0.15) is 5.78 Å². The van der Waals surface area contributed by atoms with Crippen molar-refractivity contribution in [1.82, 2.24) is 0 Å². The van der Waals surface area contributed by atoms with Crippen molar-refractivity contribution in [1.29, 1.82) is 0 Å². The number of Topliss-reactive ketones (excluding diaryl/α,β-unsaturated/α-hetero) is 1. The summed E-state index contributed by atoms with van der Waals surface area (Å²) in [4.78, 5) is 24.8. The minimum atomic E-state index is -2.11. The van der Waals surface area contributed by atoms with Gasteiger partial charge in [0.15, 0.2) is 8.32 Å². The average molecular weight is 399 g/mol. The van der Waals surface area contributed by atoms with Gasteiger partial charge in [0.2, 0.25) is 0 Å². The third-order valence-corrected chi connectivity index (χ3v) is 11.1. The summed E-state index contributed by atoms with van der Waals surface area (Å²) in [5.74, 6) is -1.10. The zero-order valence-corrected chi connectivity index (χ0v) is 20.4. The van der Waals surface area contributed by atoms with Crippen LogP contribution in [0.3, 0.4) is 0 Å². The van der Waals surface area contributed by atoms with Gasteiger partial charge in [0, 0.05) is 17.3 Å². The standard InChI is InChI=1S/C22H42O4Si/c1-13-15(2)18(26-27(11,12)20(4,5)6)22(9,10)19(25)21(7,8)16(3)14-17(23)24/h13,15-16,18H,1,14H2,2-12H3,(H,23,24)/t15-,16-,18-/m0/s1. The van der Waals surface area contributed by atoms with E-state index in [1.165, 1.54) is 0 Å². The molecule has 0 heterocycles. The second-order valence-corrected chi connectivity index (χ2v) is 15.4. The van der Waals surface area contributed by atoms with Gasteiger partial charge >= 0.3 is 5.97 Å². The highest BCUT2D eigenvalue weighted by Crippen LogP contribution is 2.45. The van der Waals surface area contributed by atoms with E-state index in [0.717, 1.165) is 0 Å². The first kappa shape index (κ1) is 26.1. The van der Waals surface area contributed by atoms with Crippen LogP contribution in [0.1, 0.15) is 68.7 Å². The molecule has 0 unspecified atom stereocenters. The molecule has 0 bridgehead atoms. The summed E-state index contributed by atoms with van der Waals surface area (Å²) >= 11 is 0. The van der Waals surface area contributed by atoms with Crippen LogP contribution in [0.5, 0.6) is 0 Å². The van der Waals surface area contributed by atoms with Crippen LogP contribution in [0.25, 0.3) is 0 Å². The van der Waals surface area contributed by atoms with Crippen molar-refractivity contribution in [2.75, 3.05) is 0 Å². The minimum Gasteiger partial charge on any atom is -0.481 e. The molecule has 0 aliphatic heterocycles. The van der Waals surface area contributed by atoms with Crippen molar-refractivity contribution in [3.05, 3.63) is 12.7 Å². The summed E-state index contributed by atoms with van der Waals surface area (Å²) < 4.78 is 6.73. The summed E-state index contributed by atoms with van der Waals surface area (Å²) in [7, 11) is -2.11. The fourth-order valence-corrected chi connectivity index (χ4v) is 4.73. The van der Waals surface area contributed by atoms with E-state index >= 15 is 0 Å². The Morgan fingerprint density at radius 3 is 1.81 bits per heavy atom. The monoisotopic (exact) mass is 398 g/mol. The number of aliphatic carboxylic acids is 1. The Hall–Kier alpha value is -0.943. The maximum atomic E-state index is 13.6. The zero-order valence-electron chi connectivity index (χ0n) is 19.4. The Bertz CT molecular complexity index is 555. The SMILES string of the molecule is C=C[C@H](C)[C@H](O[Si](C)(C)C(C)(C)C)C(C)(C)C(=O)C(C)(C)[C@@H](C)CC(=O)O. The van der Waals surface area contributed by atoms with E-state index < -0.39 is 25.1 Å². The van der Waals surface area contributed by atoms with Gasteiger partial charge in [-0.25, -0.2) is 0 Å². The number of ketones is 1. The lowest BCUT2D eigenvalue weighted by Crippen LogP contribution is -2.55. The number of hydrogen-bond acceptors (Lipinski definition) is 3. The van der Waals surface area contributed by atoms with Crippen molar-refractivity contribution < 1.29 is 19.1 Å². The van der Waals surface area contributed by atoms with Gasteiger partial charge in [-0.2, -0.15) is 0 Å². The number of carboxylic acid groups (broad SMARTS) is 1. The maximum Gasteiger partial charge on any atom is 0.303 e. The highest BCUT2D eigenvalue weighted by Gasteiger charge is 2.51. The van der Waals surface area contributed by atoms with Gasteiger partial charge in [0.05, 0.1) is 6.10 Å². The summed E-state index contributed by atoms with van der Waals surface area (Å²) in [6, 6.07) is 0. The Morgan fingerprint density at radius 2 is 1.48 bits per heavy atom. The van der Waals surface area contributed by atoms with Crippen molar-refractivity contribution in [2.24, 2.45) is 22.7 Å². The third-order valence-electron chi connectivity index (χ3n) is 6.67. The predicted octanol–water partition coefficient (Wildman–Crippen LogP) is 5.93. The smallest absolute Gasteiger partial charge is 0.303 e. The molecule has 0 rings (SSSR count). The van der Waals surface area contributed by atoms with Gasteiger partial charge in [-0.3, -0.25) is 9.59 Å². The van der Waals surface area contributed by atoms with Crippen molar-refractivity contribution >= 4 is 20.1 Å². The van der Waals surface area contributed by atoms with Crippen molar-refractivity contribution in [2.45, 2.75) is 93.0 Å². The highest BCUT2D eigenvalue weighted by atomic mass is 28.4. The maximum absolute atomic E-state index is 13.6. The molecule has 158 valence electrons. The van der Waals surface area contributed by atoms with E-state index in [-0.39, 0.29) is 35.2 Å². The largest absolute Gasteiger partial charge is 0.481 e. The van der Waals surface area contributed by atoms with Gasteiger partial charge < -0.3 is 9.53 Å². The molecular formula is C22H42O4Si. The van der Waals surface area contributed by atoms with Crippen LogP contribution in [0.4, 0.5) is 0 Å². The molecule has 1 N–H and O–H groups in total. The first-order valence-corrected chi connectivity index (χ1v) is 12.8. The fraction of sp³-hybridized carbons (Fsp3) is 0.818. The molecule has 27 heavy (non-hydrogen) atoms. The highest BCUT2D eigenvalue weighted by molar-refractivity contribution is 6.74. The fourth-order valence-electron chi connectivity index (χ4n) is 3.23. The molecule has 0 fully saturated rings. The summed E-state index contributed by atoms with van der Waals surface area (Å²) in [6.07, 6.45) is 1.51. The van der Waals surface area contributed by atoms with Crippen molar-refractivity contribution in [3.63, 3.8) is 0 Å². The molecule has 0 aliphatic carbocycles. The van der Waals surface area contributed by atoms with Crippen LogP contribution >= 0.6 is 0 Å². The molecule has 0 spiro atoms. The molecule has 0 aliphatic rings. The van der Waals surface area contributed by atoms with E-state index in [1.807, 2.05) is 47.6 Å². The van der Waals surface area contributed by atoms with Crippen LogP contribution in [0, 0.1) is 22.7 Å². The number of rotatable bonds is 10. The van der Waals surface area contributed by atoms with Gasteiger partial charge in [-0.1, -0.05) is 68.4 Å². The minimum absolute atomic E-state index is 0.00338. The van der Waals surface area contributed by atoms with Crippen molar-refractivity contribution in [3.8, 4) is 0 Å². The van der Waals surface area contributed by atoms with E-state index in [1.54, 1.807) is 0 Å². The van der Waals surface area contributed by atoms with Crippen LogP contribution < -0.4 is 0 Å². The normalized spacial score (nSPS) is 17.1. The molecule has 5 heteroatoms. The number of carboxylic acids is 1. The lowest BCUT2D eigenvalue weighted by Gasteiger charge is -2.48. The molecular weight excluding hydrogens is 356 g/mol. The van der Waals surface area contributed by atoms with E-state index in [0.29, 0.717) is 0 Å². The molecule has 4 nitrogen and oxygen atoms in total. The average Bonchev–Trinajstić information content (AvgIpc) is 2.48. The summed E-state index contributed by atoms with van der Waals surface area (Å²) in [5.41, 5.74) is -1.53.